The zero-order valence-electron chi connectivity index (χ0n) is 8.71. The molecule has 0 spiro atoms. The molecule has 0 aromatic rings. The van der Waals surface area contributed by atoms with Crippen LogP contribution in [0.15, 0.2) is 0 Å². The predicted molar refractivity (Wildman–Crippen MR) is 53.0 cm³/mol. The summed E-state index contributed by atoms with van der Waals surface area (Å²) in [5, 5.41) is 3.30. The smallest absolute Gasteiger partial charge is 0.236 e. The SMILES string of the molecule is CC1(NCC(=O)N2CCOCC2)CC1. The number of nitrogens with one attached hydrogen (secondary N) is 1. The second kappa shape index (κ2) is 3.87. The standard InChI is InChI=1S/C10H18N2O2/c1-10(2-3-10)11-8-9(13)12-4-6-14-7-5-12/h11H,2-8H2,1H3. The van der Waals surface area contributed by atoms with Crippen LogP contribution in [0.1, 0.15) is 19.8 Å². The number of hydrogen-bond donors (Lipinski definition) is 1. The molecule has 1 saturated heterocycles. The quantitative estimate of drug-likeness (QED) is 0.693. The maximum absolute atomic E-state index is 11.7. The van der Waals surface area contributed by atoms with Crippen LogP contribution in [-0.4, -0.2) is 49.2 Å². The highest BCUT2D eigenvalue weighted by Crippen LogP contribution is 2.33. The maximum atomic E-state index is 11.7. The molecule has 1 aliphatic carbocycles. The Balaban J connectivity index is 1.71. The highest BCUT2D eigenvalue weighted by molar-refractivity contribution is 5.78. The molecule has 0 aromatic carbocycles. The molecular formula is C10H18N2O2. The van der Waals surface area contributed by atoms with Crippen molar-refractivity contribution in [2.24, 2.45) is 0 Å². The minimum atomic E-state index is 0.210. The molecule has 1 saturated carbocycles. The summed E-state index contributed by atoms with van der Waals surface area (Å²) in [4.78, 5) is 13.6. The van der Waals surface area contributed by atoms with E-state index in [1.807, 2.05) is 4.90 Å². The number of carbonyl (C=O) groups is 1. The van der Waals surface area contributed by atoms with E-state index in [2.05, 4.69) is 12.2 Å². The summed E-state index contributed by atoms with van der Waals surface area (Å²) >= 11 is 0. The van der Waals surface area contributed by atoms with Crippen molar-refractivity contribution in [3.63, 3.8) is 0 Å². The molecule has 2 aliphatic rings. The van der Waals surface area contributed by atoms with Crippen molar-refractivity contribution in [2.75, 3.05) is 32.8 Å². The van der Waals surface area contributed by atoms with E-state index in [9.17, 15) is 4.79 Å². The van der Waals surface area contributed by atoms with E-state index >= 15 is 0 Å². The zero-order chi connectivity index (χ0) is 10.0. The molecule has 1 N–H and O–H groups in total. The van der Waals surface area contributed by atoms with Crippen LogP contribution < -0.4 is 5.32 Å². The second-order valence-corrected chi connectivity index (χ2v) is 4.41. The normalized spacial score (nSPS) is 24.8. The van der Waals surface area contributed by atoms with Gasteiger partial charge in [0, 0.05) is 18.6 Å². The average molecular weight is 198 g/mol. The molecule has 2 rings (SSSR count). The fourth-order valence-electron chi connectivity index (χ4n) is 1.58. The van der Waals surface area contributed by atoms with Crippen molar-refractivity contribution in [1.82, 2.24) is 10.2 Å². The first kappa shape index (κ1) is 9.93. The summed E-state index contributed by atoms with van der Waals surface area (Å²) in [5.41, 5.74) is 0.252. The number of hydrogen-bond acceptors (Lipinski definition) is 3. The number of carbonyl (C=O) groups excluding carboxylic acids is 1. The van der Waals surface area contributed by atoms with Gasteiger partial charge in [0.1, 0.15) is 0 Å². The lowest BCUT2D eigenvalue weighted by Crippen LogP contribution is -2.46. The Kier molecular flexibility index (Phi) is 2.74. The largest absolute Gasteiger partial charge is 0.378 e. The second-order valence-electron chi connectivity index (χ2n) is 4.41. The highest BCUT2D eigenvalue weighted by atomic mass is 16.5. The van der Waals surface area contributed by atoms with E-state index in [0.717, 1.165) is 13.1 Å². The predicted octanol–water partition coefficient (Wildman–Crippen LogP) is -0.0127. The maximum Gasteiger partial charge on any atom is 0.236 e. The molecule has 80 valence electrons. The third-order valence-corrected chi connectivity index (χ3v) is 3.03. The third kappa shape index (κ3) is 2.45. The van der Waals surface area contributed by atoms with E-state index in [0.29, 0.717) is 19.8 Å². The summed E-state index contributed by atoms with van der Waals surface area (Å²) < 4.78 is 5.19. The minimum absolute atomic E-state index is 0.210. The van der Waals surface area contributed by atoms with Crippen LogP contribution in [0.25, 0.3) is 0 Å². The summed E-state index contributed by atoms with van der Waals surface area (Å²) in [6, 6.07) is 0. The fraction of sp³-hybridized carbons (Fsp3) is 0.900. The molecule has 14 heavy (non-hydrogen) atoms. The van der Waals surface area contributed by atoms with Gasteiger partial charge in [-0.15, -0.1) is 0 Å². The molecule has 4 nitrogen and oxygen atoms in total. The molecule has 0 unspecified atom stereocenters. The first-order valence-electron chi connectivity index (χ1n) is 5.30. The summed E-state index contributed by atoms with van der Waals surface area (Å²) in [6.45, 7) is 5.51. The number of amides is 1. The Labute approximate surface area is 84.6 Å². The molecule has 1 amide bonds. The van der Waals surface area contributed by atoms with Crippen LogP contribution in [0.2, 0.25) is 0 Å². The number of rotatable bonds is 3. The number of nitrogens with zero attached hydrogens (tertiary/aromatic N) is 1. The van der Waals surface area contributed by atoms with E-state index in [-0.39, 0.29) is 11.4 Å². The molecule has 0 bridgehead atoms. The lowest BCUT2D eigenvalue weighted by Gasteiger charge is -2.27. The van der Waals surface area contributed by atoms with Crippen molar-refractivity contribution in [3.8, 4) is 0 Å². The Morgan fingerprint density at radius 3 is 2.64 bits per heavy atom. The van der Waals surface area contributed by atoms with Gasteiger partial charge in [0.05, 0.1) is 19.8 Å². The van der Waals surface area contributed by atoms with Gasteiger partial charge in [-0.3, -0.25) is 4.79 Å². The zero-order valence-corrected chi connectivity index (χ0v) is 8.71. The molecule has 0 radical (unpaired) electrons. The van der Waals surface area contributed by atoms with Crippen molar-refractivity contribution < 1.29 is 9.53 Å². The van der Waals surface area contributed by atoms with Gasteiger partial charge in [0.25, 0.3) is 0 Å². The molecule has 4 heteroatoms. The molecule has 1 heterocycles. The van der Waals surface area contributed by atoms with Crippen molar-refractivity contribution in [1.29, 1.82) is 0 Å². The van der Waals surface area contributed by atoms with Crippen LogP contribution in [0.5, 0.6) is 0 Å². The van der Waals surface area contributed by atoms with Crippen LogP contribution in [-0.2, 0) is 9.53 Å². The number of ether oxygens (including phenoxy) is 1. The Morgan fingerprint density at radius 2 is 2.07 bits per heavy atom. The van der Waals surface area contributed by atoms with Crippen LogP contribution >= 0.6 is 0 Å². The van der Waals surface area contributed by atoms with Crippen molar-refractivity contribution in [3.05, 3.63) is 0 Å². The summed E-state index contributed by atoms with van der Waals surface area (Å²) in [7, 11) is 0. The van der Waals surface area contributed by atoms with Crippen LogP contribution in [0.4, 0.5) is 0 Å². The lowest BCUT2D eigenvalue weighted by atomic mass is 10.3. The highest BCUT2D eigenvalue weighted by Gasteiger charge is 2.37. The molecule has 1 aliphatic heterocycles. The Bertz CT molecular complexity index is 220. The number of morpholine rings is 1. The van der Waals surface area contributed by atoms with Gasteiger partial charge in [-0.05, 0) is 19.8 Å². The van der Waals surface area contributed by atoms with Crippen molar-refractivity contribution >= 4 is 5.91 Å². The molecular weight excluding hydrogens is 180 g/mol. The Morgan fingerprint density at radius 1 is 1.43 bits per heavy atom. The van der Waals surface area contributed by atoms with Gasteiger partial charge >= 0.3 is 0 Å². The minimum Gasteiger partial charge on any atom is -0.378 e. The van der Waals surface area contributed by atoms with Gasteiger partial charge in [-0.1, -0.05) is 0 Å². The van der Waals surface area contributed by atoms with Crippen LogP contribution in [0.3, 0.4) is 0 Å². The lowest BCUT2D eigenvalue weighted by molar-refractivity contribution is -0.134. The Hall–Kier alpha value is -0.610. The summed E-state index contributed by atoms with van der Waals surface area (Å²) in [6.07, 6.45) is 2.40. The van der Waals surface area contributed by atoms with E-state index in [1.165, 1.54) is 12.8 Å². The van der Waals surface area contributed by atoms with Crippen LogP contribution in [0, 0.1) is 0 Å². The molecule has 0 aromatic heterocycles. The van der Waals surface area contributed by atoms with E-state index in [4.69, 9.17) is 4.74 Å². The van der Waals surface area contributed by atoms with Crippen molar-refractivity contribution in [2.45, 2.75) is 25.3 Å². The van der Waals surface area contributed by atoms with Gasteiger partial charge < -0.3 is 15.0 Å². The topological polar surface area (TPSA) is 41.6 Å². The third-order valence-electron chi connectivity index (χ3n) is 3.03. The van der Waals surface area contributed by atoms with E-state index < -0.39 is 0 Å². The fourth-order valence-corrected chi connectivity index (χ4v) is 1.58. The molecule has 2 fully saturated rings. The van der Waals surface area contributed by atoms with E-state index in [1.54, 1.807) is 0 Å². The van der Waals surface area contributed by atoms with Gasteiger partial charge in [0.2, 0.25) is 5.91 Å². The monoisotopic (exact) mass is 198 g/mol. The average Bonchev–Trinajstić information content (AvgIpc) is 2.95. The molecule has 0 atom stereocenters. The first-order valence-corrected chi connectivity index (χ1v) is 5.30. The van der Waals surface area contributed by atoms with Gasteiger partial charge in [-0.25, -0.2) is 0 Å². The van der Waals surface area contributed by atoms with Gasteiger partial charge in [-0.2, -0.15) is 0 Å². The first-order chi connectivity index (χ1) is 6.70. The summed E-state index contributed by atoms with van der Waals surface area (Å²) in [5.74, 6) is 0.210. The van der Waals surface area contributed by atoms with Gasteiger partial charge in [0.15, 0.2) is 0 Å².